The van der Waals surface area contributed by atoms with E-state index in [-0.39, 0.29) is 32.7 Å². The second kappa shape index (κ2) is 13.6. The van der Waals surface area contributed by atoms with Crippen LogP contribution in [0.3, 0.4) is 0 Å². The van der Waals surface area contributed by atoms with Gasteiger partial charge in [-0.2, -0.15) is 13.2 Å². The molecule has 0 aliphatic rings. The number of amides is 1. The highest BCUT2D eigenvalue weighted by molar-refractivity contribution is 8.00. The Balaban J connectivity index is 1.95. The molecule has 0 aromatic heterocycles. The van der Waals surface area contributed by atoms with Crippen LogP contribution in [0.5, 0.6) is 5.75 Å². The Morgan fingerprint density at radius 3 is 1.98 bits per heavy atom. The summed E-state index contributed by atoms with van der Waals surface area (Å²) in [5.41, 5.74) is -5.30. The summed E-state index contributed by atoms with van der Waals surface area (Å²) in [6, 6.07) is 13.2. The summed E-state index contributed by atoms with van der Waals surface area (Å²) < 4.78 is 80.0. The highest BCUT2D eigenvalue weighted by atomic mass is 32.2. The van der Waals surface area contributed by atoms with E-state index in [0.29, 0.717) is 0 Å². The van der Waals surface area contributed by atoms with Crippen molar-refractivity contribution in [2.24, 2.45) is 0 Å². The minimum Gasteiger partial charge on any atom is -0.479 e. The zero-order valence-electron chi connectivity index (χ0n) is 21.4. The van der Waals surface area contributed by atoms with Crippen molar-refractivity contribution in [2.75, 3.05) is 6.54 Å². The zero-order chi connectivity index (χ0) is 31.9. The van der Waals surface area contributed by atoms with Crippen molar-refractivity contribution in [3.63, 3.8) is 0 Å². The van der Waals surface area contributed by atoms with Crippen LogP contribution in [-0.4, -0.2) is 58.2 Å². The van der Waals surface area contributed by atoms with E-state index < -0.39 is 65.5 Å². The molecule has 3 rings (SSSR count). The number of allylic oxidation sites excluding steroid dienone is 2. The van der Waals surface area contributed by atoms with E-state index in [1.807, 2.05) is 0 Å². The van der Waals surface area contributed by atoms with E-state index in [2.05, 4.69) is 10.1 Å². The largest absolute Gasteiger partial charge is 0.573 e. The lowest BCUT2D eigenvalue weighted by Gasteiger charge is -2.12. The van der Waals surface area contributed by atoms with Gasteiger partial charge in [-0.3, -0.25) is 14.4 Å². The molecule has 0 fully saturated rings. The lowest BCUT2D eigenvalue weighted by Crippen LogP contribution is -2.36. The number of carbonyl (C=O) groups is 4. The van der Waals surface area contributed by atoms with Crippen molar-refractivity contribution in [1.82, 2.24) is 5.32 Å². The number of nitrogens with one attached hydrogen (secondary N) is 1. The number of ether oxygens (including phenoxy) is 1. The first-order valence-electron chi connectivity index (χ1n) is 11.8. The first-order chi connectivity index (χ1) is 20.0. The first-order valence-corrected chi connectivity index (χ1v) is 12.7. The Hall–Kier alpha value is -4.63. The molecule has 3 aromatic rings. The maximum atomic E-state index is 13.5. The van der Waals surface area contributed by atoms with Gasteiger partial charge in [0.1, 0.15) is 5.75 Å². The van der Waals surface area contributed by atoms with Crippen LogP contribution in [0.15, 0.2) is 83.8 Å². The number of benzene rings is 3. The SMILES string of the molecule is O=C(/C=C(\C(=O)c1ccc(C(=O)NCC(O)C(=O)O)cc1)c1ccc(OC(F)(F)F)cc1)c1cccc(SC(F)(F)F)c1. The van der Waals surface area contributed by atoms with E-state index in [1.54, 1.807) is 0 Å². The average Bonchev–Trinajstić information content (AvgIpc) is 2.93. The number of ketones is 2. The Bertz CT molecular complexity index is 1530. The maximum Gasteiger partial charge on any atom is 0.573 e. The van der Waals surface area contributed by atoms with Crippen LogP contribution in [0.1, 0.15) is 36.6 Å². The van der Waals surface area contributed by atoms with E-state index in [0.717, 1.165) is 42.5 Å². The minimum absolute atomic E-state index is 0.0247. The summed E-state index contributed by atoms with van der Waals surface area (Å²) in [4.78, 5) is 49.2. The van der Waals surface area contributed by atoms with Crippen molar-refractivity contribution in [3.05, 3.63) is 101 Å². The highest BCUT2D eigenvalue weighted by Crippen LogP contribution is 2.37. The topological polar surface area (TPSA) is 130 Å². The molecule has 1 atom stereocenters. The summed E-state index contributed by atoms with van der Waals surface area (Å²) in [5, 5.41) is 20.2. The van der Waals surface area contributed by atoms with Crippen LogP contribution < -0.4 is 10.1 Å². The van der Waals surface area contributed by atoms with Crippen LogP contribution in [0, 0.1) is 0 Å². The van der Waals surface area contributed by atoms with E-state index in [4.69, 9.17) is 5.11 Å². The molecule has 0 aliphatic carbocycles. The summed E-state index contributed by atoms with van der Waals surface area (Å²) in [6.45, 7) is -0.597. The molecule has 43 heavy (non-hydrogen) atoms. The number of thioether (sulfide) groups is 1. The van der Waals surface area contributed by atoms with Gasteiger partial charge in [0.05, 0.1) is 6.54 Å². The van der Waals surface area contributed by atoms with Crippen molar-refractivity contribution in [2.45, 2.75) is 22.9 Å². The van der Waals surface area contributed by atoms with Crippen LogP contribution in [0.25, 0.3) is 5.57 Å². The van der Waals surface area contributed by atoms with Crippen molar-refractivity contribution in [1.29, 1.82) is 0 Å². The number of aliphatic hydroxyl groups is 1. The lowest BCUT2D eigenvalue weighted by atomic mass is 9.94. The number of hydrogen-bond donors (Lipinski definition) is 3. The number of aliphatic carboxylic acids is 1. The number of rotatable bonds is 11. The maximum absolute atomic E-state index is 13.5. The fourth-order valence-corrected chi connectivity index (χ4v) is 4.08. The smallest absolute Gasteiger partial charge is 0.479 e. The molecule has 0 heterocycles. The second-order valence-electron chi connectivity index (χ2n) is 8.54. The monoisotopic (exact) mass is 627 g/mol. The summed E-state index contributed by atoms with van der Waals surface area (Å²) in [5.74, 6) is -4.65. The summed E-state index contributed by atoms with van der Waals surface area (Å²) in [7, 11) is 0. The number of Topliss-reactive ketones (excluding diaryl/α,β-unsaturated/α-hetero) is 1. The van der Waals surface area contributed by atoms with Crippen molar-refractivity contribution >= 4 is 40.8 Å². The first kappa shape index (κ1) is 32.9. The molecule has 226 valence electrons. The molecule has 0 spiro atoms. The van der Waals surface area contributed by atoms with Gasteiger partial charge in [-0.05, 0) is 59.8 Å². The fraction of sp³-hybridized carbons (Fsp3) is 0.143. The number of carboxylic acid groups (broad SMARTS) is 1. The number of aliphatic hydroxyl groups excluding tert-OH is 1. The van der Waals surface area contributed by atoms with Gasteiger partial charge >= 0.3 is 17.8 Å². The molecule has 0 aliphatic heterocycles. The Morgan fingerprint density at radius 2 is 1.42 bits per heavy atom. The van der Waals surface area contributed by atoms with Crippen LogP contribution in [0.4, 0.5) is 26.3 Å². The molecule has 1 unspecified atom stereocenters. The summed E-state index contributed by atoms with van der Waals surface area (Å²) in [6.07, 6.45) is -6.02. The number of carboxylic acids is 1. The van der Waals surface area contributed by atoms with E-state index in [9.17, 15) is 50.6 Å². The Labute approximate surface area is 243 Å². The second-order valence-corrected chi connectivity index (χ2v) is 9.68. The third-order valence-corrected chi connectivity index (χ3v) is 6.14. The molecule has 1 amide bonds. The van der Waals surface area contributed by atoms with Gasteiger partial charge in [0.2, 0.25) is 0 Å². The quantitative estimate of drug-likeness (QED) is 0.110. The molecule has 8 nitrogen and oxygen atoms in total. The predicted molar refractivity (Wildman–Crippen MR) is 141 cm³/mol. The van der Waals surface area contributed by atoms with Crippen LogP contribution >= 0.6 is 11.8 Å². The Morgan fingerprint density at radius 1 is 0.837 bits per heavy atom. The average molecular weight is 628 g/mol. The molecule has 3 aromatic carbocycles. The lowest BCUT2D eigenvalue weighted by molar-refractivity contribution is -0.274. The molecular formula is C28H19F6NO7S. The number of alkyl halides is 6. The third kappa shape index (κ3) is 10.0. The number of halogens is 6. The van der Waals surface area contributed by atoms with Crippen molar-refractivity contribution < 1.29 is 60.5 Å². The van der Waals surface area contributed by atoms with Gasteiger partial charge in [0.25, 0.3) is 5.91 Å². The molecular weight excluding hydrogens is 608 g/mol. The van der Waals surface area contributed by atoms with Crippen molar-refractivity contribution in [3.8, 4) is 5.75 Å². The number of hydrogen-bond acceptors (Lipinski definition) is 7. The third-order valence-electron chi connectivity index (χ3n) is 5.42. The zero-order valence-corrected chi connectivity index (χ0v) is 22.2. The number of carbonyl (C=O) groups excluding carboxylic acids is 3. The molecule has 3 N–H and O–H groups in total. The molecule has 15 heteroatoms. The van der Waals surface area contributed by atoms with Gasteiger partial charge in [-0.25, -0.2) is 4.79 Å². The molecule has 0 saturated heterocycles. The van der Waals surface area contributed by atoms with E-state index in [1.165, 1.54) is 36.4 Å². The minimum atomic E-state index is -4.99. The van der Waals surface area contributed by atoms with E-state index >= 15 is 0 Å². The van der Waals surface area contributed by atoms with Crippen LogP contribution in [-0.2, 0) is 4.79 Å². The standard InChI is InChI=1S/C28H19F6NO7S/c29-27(30,31)42-19-10-8-15(9-11-19)21(13-22(36)18-2-1-3-20(12-18)43-28(32,33)34)24(38)16-4-6-17(7-5-16)25(39)35-14-23(37)26(40)41/h1-13,23,37H,14H2,(H,35,39)(H,40,41)/b21-13-. The summed E-state index contributed by atoms with van der Waals surface area (Å²) >= 11 is -0.455. The fourth-order valence-electron chi connectivity index (χ4n) is 3.48. The van der Waals surface area contributed by atoms with Gasteiger partial charge < -0.3 is 20.3 Å². The van der Waals surface area contributed by atoms with Gasteiger partial charge in [-0.1, -0.05) is 36.4 Å². The molecule has 0 saturated carbocycles. The Kier molecular flexibility index (Phi) is 10.4. The predicted octanol–water partition coefficient (Wildman–Crippen LogP) is 5.52. The van der Waals surface area contributed by atoms with Gasteiger partial charge in [-0.15, -0.1) is 13.2 Å². The molecule has 0 radical (unpaired) electrons. The normalized spacial score (nSPS) is 12.8. The molecule has 0 bridgehead atoms. The van der Waals surface area contributed by atoms with Gasteiger partial charge in [0.15, 0.2) is 17.7 Å². The van der Waals surface area contributed by atoms with Crippen LogP contribution in [0.2, 0.25) is 0 Å². The highest BCUT2D eigenvalue weighted by Gasteiger charge is 2.31. The van der Waals surface area contributed by atoms with Gasteiger partial charge in [0, 0.05) is 27.2 Å².